The molecule has 0 radical (unpaired) electrons. The van der Waals surface area contributed by atoms with E-state index in [-0.39, 0.29) is 5.56 Å². The summed E-state index contributed by atoms with van der Waals surface area (Å²) in [6, 6.07) is 2.48. The Balaban J connectivity index is 3.00. The molecule has 0 unspecified atom stereocenters. The maximum atomic E-state index is 13.2. The van der Waals surface area contributed by atoms with Crippen LogP contribution in [0.4, 0.5) is 8.78 Å². The molecule has 0 bridgehead atoms. The fourth-order valence-corrected chi connectivity index (χ4v) is 1.21. The van der Waals surface area contributed by atoms with Crippen molar-refractivity contribution in [2.24, 2.45) is 0 Å². The zero-order valence-corrected chi connectivity index (χ0v) is 8.56. The van der Waals surface area contributed by atoms with Crippen LogP contribution < -0.4 is 0 Å². The van der Waals surface area contributed by atoms with Gasteiger partial charge in [0.2, 0.25) is 0 Å². The summed E-state index contributed by atoms with van der Waals surface area (Å²) in [5, 5.41) is 0. The van der Waals surface area contributed by atoms with Crippen molar-refractivity contribution < 1.29 is 8.78 Å². The Morgan fingerprint density at radius 1 is 1.33 bits per heavy atom. The minimum atomic E-state index is -0.686. The molecular formula is C13H12F2. The lowest BCUT2D eigenvalue weighted by molar-refractivity contribution is 0.577. The SMILES string of the molecule is C#Cc1c(F)cc(/C=C/CCC)cc1F. The van der Waals surface area contributed by atoms with Crippen molar-refractivity contribution in [3.8, 4) is 12.3 Å². The van der Waals surface area contributed by atoms with Crippen molar-refractivity contribution in [1.29, 1.82) is 0 Å². The predicted molar refractivity (Wildman–Crippen MR) is 58.2 cm³/mol. The fourth-order valence-electron chi connectivity index (χ4n) is 1.21. The molecule has 0 aliphatic rings. The molecule has 0 aliphatic carbocycles. The van der Waals surface area contributed by atoms with Crippen molar-refractivity contribution in [3.63, 3.8) is 0 Å². The Morgan fingerprint density at radius 2 is 1.93 bits per heavy atom. The van der Waals surface area contributed by atoms with Crippen molar-refractivity contribution in [1.82, 2.24) is 0 Å². The minimum absolute atomic E-state index is 0.303. The standard InChI is InChI=1S/C13H12F2/c1-3-5-6-7-10-8-12(14)11(4-2)13(15)9-10/h2,6-9H,3,5H2,1H3/b7-6+. The second kappa shape index (κ2) is 5.31. The molecule has 0 amide bonds. The molecule has 0 N–H and O–H groups in total. The van der Waals surface area contributed by atoms with Crippen LogP contribution in [0.2, 0.25) is 0 Å². The third-order valence-corrected chi connectivity index (χ3v) is 1.97. The predicted octanol–water partition coefficient (Wildman–Crippen LogP) is 3.76. The van der Waals surface area contributed by atoms with Gasteiger partial charge in [-0.05, 0) is 24.1 Å². The van der Waals surface area contributed by atoms with Gasteiger partial charge in [0.25, 0.3) is 0 Å². The number of terminal acetylenes is 1. The minimum Gasteiger partial charge on any atom is -0.205 e. The van der Waals surface area contributed by atoms with Gasteiger partial charge in [-0.2, -0.15) is 0 Å². The molecule has 0 heterocycles. The second-order valence-electron chi connectivity index (χ2n) is 3.19. The molecule has 1 aromatic rings. The number of rotatable bonds is 3. The molecule has 0 aliphatic heterocycles. The van der Waals surface area contributed by atoms with Gasteiger partial charge in [0.1, 0.15) is 11.6 Å². The van der Waals surface area contributed by atoms with Gasteiger partial charge >= 0.3 is 0 Å². The van der Waals surface area contributed by atoms with Crippen molar-refractivity contribution in [2.75, 3.05) is 0 Å². The smallest absolute Gasteiger partial charge is 0.142 e. The summed E-state index contributed by atoms with van der Waals surface area (Å²) in [5.41, 5.74) is 0.195. The van der Waals surface area contributed by atoms with Crippen LogP contribution in [0.25, 0.3) is 6.08 Å². The van der Waals surface area contributed by atoms with Gasteiger partial charge in [0, 0.05) is 0 Å². The summed E-state index contributed by atoms with van der Waals surface area (Å²) < 4.78 is 26.4. The molecule has 0 spiro atoms. The van der Waals surface area contributed by atoms with Crippen molar-refractivity contribution in [3.05, 3.63) is 41.0 Å². The van der Waals surface area contributed by atoms with Gasteiger partial charge < -0.3 is 0 Å². The van der Waals surface area contributed by atoms with Gasteiger partial charge in [0.15, 0.2) is 0 Å². The highest BCUT2D eigenvalue weighted by atomic mass is 19.1. The quantitative estimate of drug-likeness (QED) is 0.660. The molecular weight excluding hydrogens is 194 g/mol. The van der Waals surface area contributed by atoms with E-state index < -0.39 is 11.6 Å². The molecule has 15 heavy (non-hydrogen) atoms. The van der Waals surface area contributed by atoms with E-state index in [1.807, 2.05) is 18.9 Å². The van der Waals surface area contributed by atoms with E-state index in [0.29, 0.717) is 5.56 Å². The zero-order valence-electron chi connectivity index (χ0n) is 8.56. The first-order chi connectivity index (χ1) is 7.19. The normalized spacial score (nSPS) is 10.5. The maximum absolute atomic E-state index is 13.2. The van der Waals surface area contributed by atoms with Crippen LogP contribution in [0.1, 0.15) is 30.9 Å². The number of allylic oxidation sites excluding steroid dienone is 1. The van der Waals surface area contributed by atoms with E-state index in [9.17, 15) is 8.78 Å². The first-order valence-electron chi connectivity index (χ1n) is 4.81. The first kappa shape index (κ1) is 11.5. The van der Waals surface area contributed by atoms with Gasteiger partial charge in [-0.1, -0.05) is 31.4 Å². The second-order valence-corrected chi connectivity index (χ2v) is 3.19. The van der Waals surface area contributed by atoms with E-state index in [0.717, 1.165) is 12.8 Å². The Bertz CT molecular complexity index is 388. The highest BCUT2D eigenvalue weighted by Crippen LogP contribution is 2.15. The summed E-state index contributed by atoms with van der Waals surface area (Å²) in [6.07, 6.45) is 10.4. The molecule has 2 heteroatoms. The molecule has 0 nitrogen and oxygen atoms in total. The van der Waals surface area contributed by atoms with Crippen LogP contribution in [0.3, 0.4) is 0 Å². The van der Waals surface area contributed by atoms with Crippen LogP contribution in [0, 0.1) is 24.0 Å². The summed E-state index contributed by atoms with van der Waals surface area (Å²) in [5.74, 6) is 0.611. The molecule has 0 aromatic heterocycles. The number of hydrogen-bond acceptors (Lipinski definition) is 0. The van der Waals surface area contributed by atoms with Crippen molar-refractivity contribution >= 4 is 6.08 Å². The molecule has 0 fully saturated rings. The number of unbranched alkanes of at least 4 members (excludes halogenated alkanes) is 1. The van der Waals surface area contributed by atoms with Crippen LogP contribution in [-0.4, -0.2) is 0 Å². The molecule has 0 saturated heterocycles. The number of hydrogen-bond donors (Lipinski definition) is 0. The molecule has 1 aromatic carbocycles. The van der Waals surface area contributed by atoms with Crippen LogP contribution in [0.15, 0.2) is 18.2 Å². The van der Waals surface area contributed by atoms with E-state index >= 15 is 0 Å². The Morgan fingerprint density at radius 3 is 2.40 bits per heavy atom. The van der Waals surface area contributed by atoms with E-state index in [1.165, 1.54) is 12.1 Å². The van der Waals surface area contributed by atoms with E-state index in [1.54, 1.807) is 6.08 Å². The summed E-state index contributed by atoms with van der Waals surface area (Å²) in [4.78, 5) is 0. The molecule has 0 saturated carbocycles. The van der Waals surface area contributed by atoms with E-state index in [4.69, 9.17) is 6.42 Å². The first-order valence-corrected chi connectivity index (χ1v) is 4.81. The topological polar surface area (TPSA) is 0 Å². The highest BCUT2D eigenvalue weighted by Gasteiger charge is 2.07. The molecule has 0 atom stereocenters. The third kappa shape index (κ3) is 2.92. The average Bonchev–Trinajstić information content (AvgIpc) is 2.18. The number of benzene rings is 1. The fraction of sp³-hybridized carbons (Fsp3) is 0.231. The van der Waals surface area contributed by atoms with Gasteiger partial charge in [0.05, 0.1) is 5.56 Å². The molecule has 1 rings (SSSR count). The summed E-state index contributed by atoms with van der Waals surface area (Å²) in [6.45, 7) is 2.03. The van der Waals surface area contributed by atoms with Crippen LogP contribution in [-0.2, 0) is 0 Å². The summed E-state index contributed by atoms with van der Waals surface area (Å²) >= 11 is 0. The van der Waals surface area contributed by atoms with Crippen LogP contribution in [0.5, 0.6) is 0 Å². The Labute approximate surface area is 88.6 Å². The lowest BCUT2D eigenvalue weighted by Crippen LogP contribution is -1.91. The number of halogens is 2. The highest BCUT2D eigenvalue weighted by molar-refractivity contribution is 5.52. The summed E-state index contributed by atoms with van der Waals surface area (Å²) in [7, 11) is 0. The third-order valence-electron chi connectivity index (χ3n) is 1.97. The van der Waals surface area contributed by atoms with Gasteiger partial charge in [-0.3, -0.25) is 0 Å². The zero-order chi connectivity index (χ0) is 11.3. The largest absolute Gasteiger partial charge is 0.205 e. The average molecular weight is 206 g/mol. The van der Waals surface area contributed by atoms with Crippen LogP contribution >= 0.6 is 0 Å². The Kier molecular flexibility index (Phi) is 4.05. The van der Waals surface area contributed by atoms with Gasteiger partial charge in [-0.25, -0.2) is 8.78 Å². The maximum Gasteiger partial charge on any atom is 0.142 e. The lowest BCUT2D eigenvalue weighted by Gasteiger charge is -1.99. The van der Waals surface area contributed by atoms with Gasteiger partial charge in [-0.15, -0.1) is 6.42 Å². The van der Waals surface area contributed by atoms with Crippen molar-refractivity contribution in [2.45, 2.75) is 19.8 Å². The lowest BCUT2D eigenvalue weighted by atomic mass is 10.1. The monoisotopic (exact) mass is 206 g/mol. The van der Waals surface area contributed by atoms with E-state index in [2.05, 4.69) is 0 Å². The Hall–Kier alpha value is -1.62. The molecule has 78 valence electrons.